The van der Waals surface area contributed by atoms with Crippen LogP contribution < -0.4 is 4.90 Å². The number of nitrogens with zero attached hydrogens (tertiary/aromatic N) is 4. The molecule has 0 aliphatic carbocycles. The van der Waals surface area contributed by atoms with Crippen LogP contribution in [-0.4, -0.2) is 48.0 Å². The van der Waals surface area contributed by atoms with Crippen molar-refractivity contribution < 1.29 is 12.8 Å². The molecule has 1 fully saturated rings. The maximum absolute atomic E-state index is 13.3. The molecule has 31 heavy (non-hydrogen) atoms. The van der Waals surface area contributed by atoms with Gasteiger partial charge < -0.3 is 4.90 Å². The van der Waals surface area contributed by atoms with Crippen LogP contribution in [-0.2, 0) is 22.7 Å². The Bertz CT molecular complexity index is 1120. The second kappa shape index (κ2) is 9.09. The van der Waals surface area contributed by atoms with E-state index in [2.05, 4.69) is 21.8 Å². The Morgan fingerprint density at radius 1 is 1.03 bits per heavy atom. The molecule has 0 saturated carbocycles. The van der Waals surface area contributed by atoms with Crippen molar-refractivity contribution in [3.05, 3.63) is 83.5 Å². The highest BCUT2D eigenvalue weighted by Gasteiger charge is 2.23. The molecular weight excluding hydrogens is 415 g/mol. The van der Waals surface area contributed by atoms with E-state index in [1.807, 2.05) is 12.1 Å². The van der Waals surface area contributed by atoms with Crippen LogP contribution in [0.15, 0.2) is 55.0 Å². The molecule has 1 aliphatic heterocycles. The molecule has 3 aromatic rings. The zero-order chi connectivity index (χ0) is 21.8. The summed E-state index contributed by atoms with van der Waals surface area (Å²) < 4.78 is 37.0. The van der Waals surface area contributed by atoms with Gasteiger partial charge in [-0.3, -0.25) is 15.0 Å². The van der Waals surface area contributed by atoms with Gasteiger partial charge in [-0.25, -0.2) is 12.8 Å². The summed E-state index contributed by atoms with van der Waals surface area (Å²) in [4.78, 5) is 15.4. The van der Waals surface area contributed by atoms with Gasteiger partial charge in [0, 0.05) is 55.2 Å². The SMILES string of the molecule is C[C@H](Cc1cc(N2CCS(=O)(=O)CC2)cc(Cc2cnccn2)n1)c1ccc(F)cc1. The first-order valence-electron chi connectivity index (χ1n) is 10.3. The fraction of sp³-hybridized carbons (Fsp3) is 0.348. The van der Waals surface area contributed by atoms with Crippen LogP contribution in [0.25, 0.3) is 0 Å². The first-order valence-corrected chi connectivity index (χ1v) is 12.2. The van der Waals surface area contributed by atoms with Gasteiger partial charge in [0.05, 0.1) is 17.2 Å². The lowest BCUT2D eigenvalue weighted by Gasteiger charge is -2.29. The Kier molecular flexibility index (Phi) is 6.27. The van der Waals surface area contributed by atoms with Crippen molar-refractivity contribution in [3.63, 3.8) is 0 Å². The van der Waals surface area contributed by atoms with E-state index in [0.29, 0.717) is 25.9 Å². The number of halogens is 1. The lowest BCUT2D eigenvalue weighted by Crippen LogP contribution is -2.40. The summed E-state index contributed by atoms with van der Waals surface area (Å²) >= 11 is 0. The molecule has 1 atom stereocenters. The van der Waals surface area contributed by atoms with Gasteiger partial charge in [-0.2, -0.15) is 0 Å². The van der Waals surface area contributed by atoms with Crippen LogP contribution in [0.2, 0.25) is 0 Å². The Hall–Kier alpha value is -2.87. The standard InChI is InChI=1S/C23H25FN4O2S/c1-17(18-2-4-19(24)5-3-18)12-20-14-23(28-8-10-31(29,30)11-9-28)15-21(27-20)13-22-16-25-6-7-26-22/h2-7,14-17H,8-13H2,1H3/t17-/m1/s1. The summed E-state index contributed by atoms with van der Waals surface area (Å²) in [6, 6.07) is 10.6. The van der Waals surface area contributed by atoms with Crippen molar-refractivity contribution in [1.29, 1.82) is 0 Å². The molecule has 1 aromatic carbocycles. The summed E-state index contributed by atoms with van der Waals surface area (Å²) in [6.07, 6.45) is 6.26. The van der Waals surface area contributed by atoms with Gasteiger partial charge in [-0.05, 0) is 42.2 Å². The number of anilines is 1. The van der Waals surface area contributed by atoms with Crippen molar-refractivity contribution >= 4 is 15.5 Å². The van der Waals surface area contributed by atoms with Crippen LogP contribution in [0.3, 0.4) is 0 Å². The lowest BCUT2D eigenvalue weighted by atomic mass is 9.95. The van der Waals surface area contributed by atoms with E-state index in [0.717, 1.165) is 28.3 Å². The van der Waals surface area contributed by atoms with E-state index in [9.17, 15) is 12.8 Å². The largest absolute Gasteiger partial charge is 0.369 e. The van der Waals surface area contributed by atoms with Crippen molar-refractivity contribution in [2.45, 2.75) is 25.7 Å². The van der Waals surface area contributed by atoms with E-state index in [4.69, 9.17) is 4.98 Å². The molecule has 0 amide bonds. The Morgan fingerprint density at radius 3 is 2.42 bits per heavy atom. The number of benzene rings is 1. The number of rotatable bonds is 6. The first kappa shape index (κ1) is 21.4. The van der Waals surface area contributed by atoms with Gasteiger partial charge in [-0.15, -0.1) is 0 Å². The molecule has 0 unspecified atom stereocenters. The lowest BCUT2D eigenvalue weighted by molar-refractivity contribution is 0.586. The zero-order valence-corrected chi connectivity index (χ0v) is 18.2. The zero-order valence-electron chi connectivity index (χ0n) is 17.4. The molecule has 3 heterocycles. The highest BCUT2D eigenvalue weighted by Crippen LogP contribution is 2.25. The Balaban J connectivity index is 1.61. The van der Waals surface area contributed by atoms with Crippen molar-refractivity contribution in [1.82, 2.24) is 15.0 Å². The molecule has 162 valence electrons. The molecule has 1 aliphatic rings. The van der Waals surface area contributed by atoms with Gasteiger partial charge in [0.1, 0.15) is 5.82 Å². The number of aromatic nitrogens is 3. The topological polar surface area (TPSA) is 76.1 Å². The van der Waals surface area contributed by atoms with Crippen LogP contribution >= 0.6 is 0 Å². The molecule has 0 N–H and O–H groups in total. The van der Waals surface area contributed by atoms with Crippen molar-refractivity contribution in [2.24, 2.45) is 0 Å². The summed E-state index contributed by atoms with van der Waals surface area (Å²) in [5.41, 5.74) is 4.64. The number of pyridine rings is 1. The van der Waals surface area contributed by atoms with Crippen molar-refractivity contribution in [3.8, 4) is 0 Å². The Morgan fingerprint density at radius 2 is 1.74 bits per heavy atom. The van der Waals surface area contributed by atoms with Crippen LogP contribution in [0.1, 0.15) is 35.5 Å². The predicted molar refractivity (Wildman–Crippen MR) is 118 cm³/mol. The molecule has 2 aromatic heterocycles. The Labute approximate surface area is 182 Å². The van der Waals surface area contributed by atoms with Gasteiger partial charge in [0.25, 0.3) is 0 Å². The maximum Gasteiger partial charge on any atom is 0.153 e. The fourth-order valence-electron chi connectivity index (χ4n) is 3.81. The minimum Gasteiger partial charge on any atom is -0.369 e. The molecule has 8 heteroatoms. The van der Waals surface area contributed by atoms with E-state index in [-0.39, 0.29) is 23.2 Å². The van der Waals surface area contributed by atoms with E-state index in [1.165, 1.54) is 12.1 Å². The van der Waals surface area contributed by atoms with Gasteiger partial charge in [0.2, 0.25) is 0 Å². The first-order chi connectivity index (χ1) is 14.9. The second-order valence-corrected chi connectivity index (χ2v) is 10.3. The maximum atomic E-state index is 13.3. The molecule has 6 nitrogen and oxygen atoms in total. The average Bonchev–Trinajstić information content (AvgIpc) is 2.74. The van der Waals surface area contributed by atoms with E-state index >= 15 is 0 Å². The monoisotopic (exact) mass is 440 g/mol. The normalized spacial score (nSPS) is 16.8. The fourth-order valence-corrected chi connectivity index (χ4v) is 5.01. The summed E-state index contributed by atoms with van der Waals surface area (Å²) in [5, 5.41) is 0. The average molecular weight is 441 g/mol. The smallest absolute Gasteiger partial charge is 0.153 e. The molecule has 4 rings (SSSR count). The van der Waals surface area contributed by atoms with Crippen LogP contribution in [0.5, 0.6) is 0 Å². The van der Waals surface area contributed by atoms with E-state index in [1.54, 1.807) is 30.7 Å². The summed E-state index contributed by atoms with van der Waals surface area (Å²) in [6.45, 7) is 3.05. The number of hydrogen-bond donors (Lipinski definition) is 0. The van der Waals surface area contributed by atoms with E-state index < -0.39 is 9.84 Å². The third kappa shape index (κ3) is 5.64. The summed E-state index contributed by atoms with van der Waals surface area (Å²) in [7, 11) is -2.96. The van der Waals surface area contributed by atoms with Gasteiger partial charge in [0.15, 0.2) is 9.84 Å². The molecule has 1 saturated heterocycles. The third-order valence-electron chi connectivity index (χ3n) is 5.56. The summed E-state index contributed by atoms with van der Waals surface area (Å²) in [5.74, 6) is 0.239. The third-order valence-corrected chi connectivity index (χ3v) is 7.17. The number of hydrogen-bond acceptors (Lipinski definition) is 6. The van der Waals surface area contributed by atoms with Gasteiger partial charge in [-0.1, -0.05) is 19.1 Å². The highest BCUT2D eigenvalue weighted by atomic mass is 32.2. The molecule has 0 bridgehead atoms. The number of sulfone groups is 1. The van der Waals surface area contributed by atoms with Crippen LogP contribution in [0.4, 0.5) is 10.1 Å². The minimum absolute atomic E-state index is 0.162. The minimum atomic E-state index is -2.96. The quantitative estimate of drug-likeness (QED) is 0.586. The molecule has 0 radical (unpaired) electrons. The predicted octanol–water partition coefficient (Wildman–Crippen LogP) is 3.18. The highest BCUT2D eigenvalue weighted by molar-refractivity contribution is 7.91. The van der Waals surface area contributed by atoms with Crippen molar-refractivity contribution in [2.75, 3.05) is 29.5 Å². The second-order valence-electron chi connectivity index (χ2n) is 7.98. The molecule has 0 spiro atoms. The van der Waals surface area contributed by atoms with Gasteiger partial charge >= 0.3 is 0 Å². The molecular formula is C23H25FN4O2S. The van der Waals surface area contributed by atoms with Crippen LogP contribution in [0, 0.1) is 5.82 Å².